The molecule has 1 heterocycles. The maximum absolute atomic E-state index is 11.0. The molecule has 0 saturated heterocycles. The van der Waals surface area contributed by atoms with Crippen LogP contribution < -0.4 is 14.2 Å². The number of carboxylic acid groups (broad SMARTS) is 1. The lowest BCUT2D eigenvalue weighted by molar-refractivity contribution is 0.0691. The van der Waals surface area contributed by atoms with Gasteiger partial charge >= 0.3 is 5.97 Å². The molecule has 88 valence electrons. The molecule has 0 fully saturated rings. The van der Waals surface area contributed by atoms with Crippen LogP contribution in [0.25, 0.3) is 0 Å². The number of hydrogen-bond donors (Lipinski definition) is 1. The minimum Gasteiger partial charge on any atom is -0.478 e. The summed E-state index contributed by atoms with van der Waals surface area (Å²) >= 11 is 0. The Hall–Kier alpha value is -2.42. The SMILES string of the molecule is CC(C#N)Oc1cc2c(cc1C(=O)O)OCO2. The molecule has 0 aliphatic carbocycles. The Labute approximate surface area is 96.9 Å². The first-order valence-corrected chi connectivity index (χ1v) is 4.85. The largest absolute Gasteiger partial charge is 0.478 e. The van der Waals surface area contributed by atoms with E-state index < -0.39 is 12.1 Å². The fraction of sp³-hybridized carbons (Fsp3) is 0.273. The van der Waals surface area contributed by atoms with Crippen molar-refractivity contribution in [2.24, 2.45) is 0 Å². The first kappa shape index (κ1) is 11.1. The van der Waals surface area contributed by atoms with E-state index in [4.69, 9.17) is 24.6 Å². The van der Waals surface area contributed by atoms with Gasteiger partial charge < -0.3 is 19.3 Å². The summed E-state index contributed by atoms with van der Waals surface area (Å²) in [5, 5.41) is 17.7. The number of carbonyl (C=O) groups is 1. The summed E-state index contributed by atoms with van der Waals surface area (Å²) < 4.78 is 15.4. The Balaban J connectivity index is 2.42. The second-order valence-electron chi connectivity index (χ2n) is 3.40. The summed E-state index contributed by atoms with van der Waals surface area (Å²) in [5.74, 6) is -0.284. The van der Waals surface area contributed by atoms with Gasteiger partial charge in [0, 0.05) is 12.1 Å². The Morgan fingerprint density at radius 2 is 2.18 bits per heavy atom. The van der Waals surface area contributed by atoms with Gasteiger partial charge in [-0.25, -0.2) is 4.79 Å². The third kappa shape index (κ3) is 2.08. The molecular formula is C11H9NO5. The highest BCUT2D eigenvalue weighted by Gasteiger charge is 2.22. The number of benzene rings is 1. The van der Waals surface area contributed by atoms with Crippen molar-refractivity contribution in [1.29, 1.82) is 5.26 Å². The molecule has 1 aromatic rings. The maximum atomic E-state index is 11.0. The van der Waals surface area contributed by atoms with Crippen molar-refractivity contribution < 1.29 is 24.1 Å². The number of rotatable bonds is 3. The van der Waals surface area contributed by atoms with Crippen LogP contribution >= 0.6 is 0 Å². The van der Waals surface area contributed by atoms with Crippen LogP contribution in [0.3, 0.4) is 0 Å². The predicted octanol–water partition coefficient (Wildman–Crippen LogP) is 1.40. The molecular weight excluding hydrogens is 226 g/mol. The van der Waals surface area contributed by atoms with Gasteiger partial charge in [0.15, 0.2) is 17.6 Å². The quantitative estimate of drug-likeness (QED) is 0.851. The molecule has 1 unspecified atom stereocenters. The lowest BCUT2D eigenvalue weighted by Gasteiger charge is -2.11. The van der Waals surface area contributed by atoms with E-state index in [1.807, 2.05) is 6.07 Å². The van der Waals surface area contributed by atoms with Crippen LogP contribution in [0.5, 0.6) is 17.2 Å². The molecule has 0 amide bonds. The number of fused-ring (bicyclic) bond motifs is 1. The third-order valence-electron chi connectivity index (χ3n) is 2.19. The van der Waals surface area contributed by atoms with Gasteiger partial charge in [-0.05, 0) is 6.92 Å². The molecule has 17 heavy (non-hydrogen) atoms. The number of nitrogens with zero attached hydrogens (tertiary/aromatic N) is 1. The fourth-order valence-electron chi connectivity index (χ4n) is 1.40. The van der Waals surface area contributed by atoms with Gasteiger partial charge in [-0.3, -0.25) is 0 Å². The Morgan fingerprint density at radius 1 is 1.53 bits per heavy atom. The zero-order chi connectivity index (χ0) is 12.4. The smallest absolute Gasteiger partial charge is 0.339 e. The molecule has 1 N–H and O–H groups in total. The van der Waals surface area contributed by atoms with Crippen molar-refractivity contribution in [3.8, 4) is 23.3 Å². The summed E-state index contributed by atoms with van der Waals surface area (Å²) in [6.45, 7) is 1.57. The van der Waals surface area contributed by atoms with Crippen molar-refractivity contribution in [3.05, 3.63) is 17.7 Å². The summed E-state index contributed by atoms with van der Waals surface area (Å²) in [7, 11) is 0. The van der Waals surface area contributed by atoms with Crippen LogP contribution in [0.4, 0.5) is 0 Å². The van der Waals surface area contributed by atoms with Crippen molar-refractivity contribution in [1.82, 2.24) is 0 Å². The number of carboxylic acids is 1. The Morgan fingerprint density at radius 3 is 2.76 bits per heavy atom. The van der Waals surface area contributed by atoms with Crippen molar-refractivity contribution in [2.75, 3.05) is 6.79 Å². The monoisotopic (exact) mass is 235 g/mol. The molecule has 1 aliphatic heterocycles. The normalized spacial score (nSPS) is 13.9. The number of hydrogen-bond acceptors (Lipinski definition) is 5. The van der Waals surface area contributed by atoms with E-state index in [0.29, 0.717) is 11.5 Å². The molecule has 0 spiro atoms. The minimum atomic E-state index is -1.15. The van der Waals surface area contributed by atoms with Crippen molar-refractivity contribution >= 4 is 5.97 Å². The van der Waals surface area contributed by atoms with Crippen molar-refractivity contribution in [3.63, 3.8) is 0 Å². The highest BCUT2D eigenvalue weighted by Crippen LogP contribution is 2.38. The van der Waals surface area contributed by atoms with Gasteiger partial charge in [0.2, 0.25) is 6.79 Å². The minimum absolute atomic E-state index is 0.0473. The van der Waals surface area contributed by atoms with E-state index in [1.165, 1.54) is 19.1 Å². The first-order valence-electron chi connectivity index (χ1n) is 4.85. The van der Waals surface area contributed by atoms with Crippen LogP contribution in [-0.2, 0) is 0 Å². The number of aromatic carboxylic acids is 1. The first-order chi connectivity index (χ1) is 8.11. The van der Waals surface area contributed by atoms with Crippen LogP contribution in [0.15, 0.2) is 12.1 Å². The zero-order valence-electron chi connectivity index (χ0n) is 8.97. The molecule has 6 heteroatoms. The average molecular weight is 235 g/mol. The molecule has 1 atom stereocenters. The van der Waals surface area contributed by atoms with Crippen LogP contribution in [-0.4, -0.2) is 24.0 Å². The molecule has 0 bridgehead atoms. The average Bonchev–Trinajstić information content (AvgIpc) is 2.74. The molecule has 0 saturated carbocycles. The standard InChI is InChI=1S/C11H9NO5/c1-6(4-12)17-8-3-10-9(15-5-16-10)2-7(8)11(13)14/h2-3,6H,5H2,1H3,(H,13,14). The fourth-order valence-corrected chi connectivity index (χ4v) is 1.40. The highest BCUT2D eigenvalue weighted by atomic mass is 16.7. The van der Waals surface area contributed by atoms with E-state index in [0.717, 1.165) is 0 Å². The molecule has 1 aromatic carbocycles. The summed E-state index contributed by atoms with van der Waals surface area (Å²) in [6.07, 6.45) is -0.742. The molecule has 1 aliphatic rings. The third-order valence-corrected chi connectivity index (χ3v) is 2.19. The van der Waals surface area contributed by atoms with Crippen LogP contribution in [0, 0.1) is 11.3 Å². The van der Waals surface area contributed by atoms with E-state index in [2.05, 4.69) is 0 Å². The second kappa shape index (κ2) is 4.22. The van der Waals surface area contributed by atoms with Crippen LogP contribution in [0.1, 0.15) is 17.3 Å². The van der Waals surface area contributed by atoms with Gasteiger partial charge in [0.1, 0.15) is 17.4 Å². The summed E-state index contributed by atoms with van der Waals surface area (Å²) in [5.41, 5.74) is -0.0589. The van der Waals surface area contributed by atoms with Gasteiger partial charge in [0.25, 0.3) is 0 Å². The number of ether oxygens (including phenoxy) is 3. The second-order valence-corrected chi connectivity index (χ2v) is 3.40. The van der Waals surface area contributed by atoms with Gasteiger partial charge in [-0.1, -0.05) is 0 Å². The van der Waals surface area contributed by atoms with E-state index in [-0.39, 0.29) is 18.1 Å². The predicted molar refractivity (Wildman–Crippen MR) is 55.2 cm³/mol. The maximum Gasteiger partial charge on any atom is 0.339 e. The highest BCUT2D eigenvalue weighted by molar-refractivity contribution is 5.92. The molecule has 6 nitrogen and oxygen atoms in total. The molecule has 0 radical (unpaired) electrons. The van der Waals surface area contributed by atoms with Crippen molar-refractivity contribution in [2.45, 2.75) is 13.0 Å². The lowest BCUT2D eigenvalue weighted by Crippen LogP contribution is -2.11. The molecule has 0 aromatic heterocycles. The Bertz CT molecular complexity index is 505. The topological polar surface area (TPSA) is 88.8 Å². The molecule has 2 rings (SSSR count). The number of nitriles is 1. The van der Waals surface area contributed by atoms with E-state index in [9.17, 15) is 4.79 Å². The van der Waals surface area contributed by atoms with E-state index in [1.54, 1.807) is 0 Å². The lowest BCUT2D eigenvalue weighted by atomic mass is 10.1. The zero-order valence-corrected chi connectivity index (χ0v) is 8.97. The van der Waals surface area contributed by atoms with Gasteiger partial charge in [-0.2, -0.15) is 5.26 Å². The van der Waals surface area contributed by atoms with E-state index >= 15 is 0 Å². The summed E-state index contributed by atoms with van der Waals surface area (Å²) in [6, 6.07) is 4.60. The van der Waals surface area contributed by atoms with Gasteiger partial charge in [0.05, 0.1) is 0 Å². The van der Waals surface area contributed by atoms with Crippen LogP contribution in [0.2, 0.25) is 0 Å². The summed E-state index contributed by atoms with van der Waals surface area (Å²) in [4.78, 5) is 11.0. The van der Waals surface area contributed by atoms with Gasteiger partial charge in [-0.15, -0.1) is 0 Å². The Kier molecular flexibility index (Phi) is 2.75.